The molecule has 0 saturated heterocycles. The van der Waals surface area contributed by atoms with Crippen LogP contribution in [0.2, 0.25) is 0 Å². The van der Waals surface area contributed by atoms with Gasteiger partial charge in [-0.1, -0.05) is 47.6 Å². The Labute approximate surface area is 203 Å². The van der Waals surface area contributed by atoms with E-state index < -0.39 is 9.84 Å². The van der Waals surface area contributed by atoms with E-state index in [0.717, 1.165) is 38.9 Å². The van der Waals surface area contributed by atoms with Crippen molar-refractivity contribution < 1.29 is 12.9 Å². The second-order valence-corrected chi connectivity index (χ2v) is 10.4. The van der Waals surface area contributed by atoms with E-state index in [1.165, 1.54) is 6.26 Å². The summed E-state index contributed by atoms with van der Waals surface area (Å²) in [7, 11) is -3.31. The molecule has 2 aromatic heterocycles. The van der Waals surface area contributed by atoms with Crippen LogP contribution >= 0.6 is 0 Å². The summed E-state index contributed by atoms with van der Waals surface area (Å²) in [4.78, 5) is 9.47. The van der Waals surface area contributed by atoms with E-state index >= 15 is 0 Å². The summed E-state index contributed by atoms with van der Waals surface area (Å²) < 4.78 is 29.4. The average molecular weight is 481 g/mol. The van der Waals surface area contributed by atoms with Gasteiger partial charge in [-0.3, -0.25) is 4.98 Å². The van der Waals surface area contributed by atoms with Crippen molar-refractivity contribution in [2.24, 2.45) is 0 Å². The third kappa shape index (κ3) is 4.63. The first kappa shape index (κ1) is 22.7. The fourth-order valence-electron chi connectivity index (χ4n) is 3.97. The topological polar surface area (TPSA) is 86.0 Å². The van der Waals surface area contributed by atoms with E-state index in [-0.39, 0.29) is 4.90 Å². The molecular weight excluding hydrogens is 458 g/mol. The largest absolute Gasteiger partial charge is 0.334 e. The number of hydrogen-bond donors (Lipinski definition) is 0. The van der Waals surface area contributed by atoms with Crippen molar-refractivity contribution in [3.8, 4) is 11.1 Å². The summed E-state index contributed by atoms with van der Waals surface area (Å²) in [6, 6.07) is 25.8. The average Bonchev–Trinajstić information content (AvgIpc) is 3.28. The molecule has 0 amide bonds. The van der Waals surface area contributed by atoms with Crippen molar-refractivity contribution in [3.63, 3.8) is 0 Å². The van der Waals surface area contributed by atoms with Gasteiger partial charge in [0.15, 0.2) is 15.7 Å². The molecule has 0 unspecified atom stereocenters. The molecule has 5 rings (SSSR count). The van der Waals surface area contributed by atoms with Gasteiger partial charge in [-0.05, 0) is 73.0 Å². The lowest BCUT2D eigenvalue weighted by atomic mass is 9.94. The lowest BCUT2D eigenvalue weighted by Gasteiger charge is -2.11. The van der Waals surface area contributed by atoms with E-state index in [2.05, 4.69) is 16.2 Å². The van der Waals surface area contributed by atoms with Crippen molar-refractivity contribution in [1.29, 1.82) is 0 Å². The summed E-state index contributed by atoms with van der Waals surface area (Å²) in [5.41, 5.74) is 6.15. The van der Waals surface area contributed by atoms with E-state index in [1.807, 2.05) is 61.5 Å². The van der Waals surface area contributed by atoms with Crippen LogP contribution in [-0.4, -0.2) is 29.8 Å². The summed E-state index contributed by atoms with van der Waals surface area (Å²) in [6.07, 6.45) is 3.17. The summed E-state index contributed by atoms with van der Waals surface area (Å²) in [5, 5.41) is 4.97. The molecule has 0 aliphatic carbocycles. The van der Waals surface area contributed by atoms with Crippen LogP contribution < -0.4 is 0 Å². The number of pyridine rings is 1. The molecule has 1 radical (unpaired) electrons. The molecule has 0 fully saturated rings. The molecule has 0 aliphatic rings. The second-order valence-electron chi connectivity index (χ2n) is 8.35. The molecule has 0 bridgehead atoms. The zero-order chi connectivity index (χ0) is 24.6. The molecule has 0 aliphatic heterocycles. The number of sulfone groups is 1. The number of fused-ring (bicyclic) bond motifs is 1. The minimum absolute atomic E-state index is 0.246. The van der Waals surface area contributed by atoms with Gasteiger partial charge in [-0.2, -0.15) is 4.98 Å². The first-order chi connectivity index (χ1) is 16.8. The number of aromatic nitrogens is 3. The van der Waals surface area contributed by atoms with Crippen LogP contribution in [0.25, 0.3) is 33.7 Å². The predicted octanol–water partition coefficient (Wildman–Crippen LogP) is 5.69. The van der Waals surface area contributed by atoms with Gasteiger partial charge < -0.3 is 4.52 Å². The van der Waals surface area contributed by atoms with Crippen LogP contribution in [0.3, 0.4) is 0 Å². The first-order valence-electron chi connectivity index (χ1n) is 11.0. The van der Waals surface area contributed by atoms with Gasteiger partial charge in [0.2, 0.25) is 0 Å². The van der Waals surface area contributed by atoms with Crippen molar-refractivity contribution in [1.82, 2.24) is 15.1 Å². The molecule has 3 aromatic carbocycles. The highest BCUT2D eigenvalue weighted by atomic mass is 32.2. The number of rotatable bonds is 5. The van der Waals surface area contributed by atoms with Gasteiger partial charge in [0.25, 0.3) is 5.89 Å². The maximum atomic E-state index is 11.9. The predicted molar refractivity (Wildman–Crippen MR) is 136 cm³/mol. The third-order valence-corrected chi connectivity index (χ3v) is 6.82. The maximum absolute atomic E-state index is 11.9. The van der Waals surface area contributed by atoms with E-state index in [9.17, 15) is 8.42 Å². The first-order valence-corrected chi connectivity index (χ1v) is 12.9. The van der Waals surface area contributed by atoms with Crippen molar-refractivity contribution in [3.05, 3.63) is 107 Å². The Hall–Kier alpha value is -4.10. The zero-order valence-corrected chi connectivity index (χ0v) is 20.3. The van der Waals surface area contributed by atoms with Crippen molar-refractivity contribution >= 4 is 32.4 Å². The highest BCUT2D eigenvalue weighted by molar-refractivity contribution is 7.90. The molecule has 35 heavy (non-hydrogen) atoms. The number of hydrogen-bond acceptors (Lipinski definition) is 6. The number of nitrogens with zero attached hydrogens (tertiary/aromatic N) is 3. The summed E-state index contributed by atoms with van der Waals surface area (Å²) in [5.74, 6) is 0.859. The van der Waals surface area contributed by atoms with E-state index in [4.69, 9.17) is 9.51 Å². The Balaban J connectivity index is 1.71. The smallest absolute Gasteiger partial charge is 0.258 e. The van der Waals surface area contributed by atoms with E-state index in [1.54, 1.807) is 31.2 Å². The molecule has 6 nitrogen and oxygen atoms in total. The van der Waals surface area contributed by atoms with Crippen LogP contribution in [0.4, 0.5) is 0 Å². The van der Waals surface area contributed by atoms with Crippen LogP contribution in [0.15, 0.2) is 82.2 Å². The SMILES string of the molecule is Cc1ccc2c[c]cc(-c3ccccc3C=C(c3ccc(S(C)(=O)=O)cc3)c3nc(C)no3)c2n1. The fraction of sp³-hybridized carbons (Fsp3) is 0.107. The van der Waals surface area contributed by atoms with Crippen LogP contribution in [-0.2, 0) is 9.84 Å². The minimum Gasteiger partial charge on any atom is -0.334 e. The second kappa shape index (κ2) is 8.92. The molecule has 7 heteroatoms. The highest BCUT2D eigenvalue weighted by Gasteiger charge is 2.16. The molecule has 0 saturated carbocycles. The summed E-state index contributed by atoms with van der Waals surface area (Å²) >= 11 is 0. The standard InChI is InChI=1S/C28H22N3O3S/c1-18-11-12-21-8-6-10-25(27(21)29-18)24-9-5-4-7-22(24)17-26(28-30-19(2)31-34-28)20-13-15-23(16-14-20)35(3,32)33/h4-5,7-17H,1-3H3. The number of aryl methyl sites for hydroxylation is 2. The third-order valence-electron chi connectivity index (χ3n) is 5.69. The van der Waals surface area contributed by atoms with Crippen molar-refractivity contribution in [2.45, 2.75) is 18.7 Å². The van der Waals surface area contributed by atoms with Gasteiger partial charge in [-0.15, -0.1) is 0 Å². The quantitative estimate of drug-likeness (QED) is 0.300. The zero-order valence-electron chi connectivity index (χ0n) is 19.5. The minimum atomic E-state index is -3.31. The Kier molecular flexibility index (Phi) is 5.78. The highest BCUT2D eigenvalue weighted by Crippen LogP contribution is 2.34. The summed E-state index contributed by atoms with van der Waals surface area (Å²) in [6.45, 7) is 3.73. The van der Waals surface area contributed by atoms with Gasteiger partial charge in [0.05, 0.1) is 10.4 Å². The Morgan fingerprint density at radius 1 is 0.914 bits per heavy atom. The fourth-order valence-corrected chi connectivity index (χ4v) is 4.60. The molecule has 5 aromatic rings. The Morgan fingerprint density at radius 3 is 2.40 bits per heavy atom. The normalized spacial score (nSPS) is 12.3. The van der Waals surface area contributed by atoms with Gasteiger partial charge in [0, 0.05) is 28.5 Å². The number of benzene rings is 3. The van der Waals surface area contributed by atoms with Gasteiger partial charge in [-0.25, -0.2) is 8.42 Å². The monoisotopic (exact) mass is 480 g/mol. The lowest BCUT2D eigenvalue weighted by Crippen LogP contribution is -1.97. The van der Waals surface area contributed by atoms with E-state index in [0.29, 0.717) is 17.3 Å². The molecular formula is C28H22N3O3S. The molecule has 0 atom stereocenters. The van der Waals surface area contributed by atoms with Crippen LogP contribution in [0, 0.1) is 19.9 Å². The van der Waals surface area contributed by atoms with Crippen LogP contribution in [0.1, 0.15) is 28.5 Å². The molecule has 2 heterocycles. The van der Waals surface area contributed by atoms with Gasteiger partial charge >= 0.3 is 0 Å². The molecule has 173 valence electrons. The van der Waals surface area contributed by atoms with Crippen LogP contribution in [0.5, 0.6) is 0 Å². The van der Waals surface area contributed by atoms with Gasteiger partial charge in [0.1, 0.15) is 0 Å². The Bertz CT molecular complexity index is 1680. The molecule has 0 spiro atoms. The lowest BCUT2D eigenvalue weighted by molar-refractivity contribution is 0.403. The van der Waals surface area contributed by atoms with Crippen molar-refractivity contribution in [2.75, 3.05) is 6.26 Å². The Morgan fingerprint density at radius 2 is 1.69 bits per heavy atom. The molecule has 0 N–H and O–H groups in total. The maximum Gasteiger partial charge on any atom is 0.258 e.